The molecule has 1 fully saturated rings. The number of benzene rings is 1. The van der Waals surface area contributed by atoms with Gasteiger partial charge in [0, 0.05) is 0 Å². The molecule has 2 rings (SSSR count). The van der Waals surface area contributed by atoms with Gasteiger partial charge in [0.05, 0.1) is 30.8 Å². The molecule has 19 heavy (non-hydrogen) atoms. The van der Waals surface area contributed by atoms with E-state index >= 15 is 0 Å². The molecule has 0 amide bonds. The second-order valence-corrected chi connectivity index (χ2v) is 4.75. The second kappa shape index (κ2) is 6.24. The first-order valence-electron chi connectivity index (χ1n) is 6.47. The Morgan fingerprint density at radius 1 is 1.21 bits per heavy atom. The third kappa shape index (κ3) is 3.47. The van der Waals surface area contributed by atoms with Crippen LogP contribution in [0.3, 0.4) is 0 Å². The van der Waals surface area contributed by atoms with Crippen molar-refractivity contribution in [1.29, 1.82) is 5.26 Å². The van der Waals surface area contributed by atoms with Gasteiger partial charge in [-0.05, 0) is 49.9 Å². The van der Waals surface area contributed by atoms with Crippen LogP contribution in [-0.2, 0) is 9.53 Å². The Labute approximate surface area is 112 Å². The summed E-state index contributed by atoms with van der Waals surface area (Å²) in [5, 5.41) is 8.72. The molecule has 0 aromatic heterocycles. The van der Waals surface area contributed by atoms with E-state index in [0.29, 0.717) is 5.56 Å². The second-order valence-electron chi connectivity index (χ2n) is 4.75. The first kappa shape index (κ1) is 13.4. The van der Waals surface area contributed by atoms with Crippen LogP contribution in [0.2, 0.25) is 0 Å². The van der Waals surface area contributed by atoms with Crippen LogP contribution >= 0.6 is 0 Å². The molecule has 0 unspecified atom stereocenters. The molecule has 0 radical (unpaired) electrons. The van der Waals surface area contributed by atoms with Crippen LogP contribution in [0.25, 0.3) is 0 Å². The van der Waals surface area contributed by atoms with Crippen molar-refractivity contribution in [2.45, 2.75) is 31.8 Å². The molecule has 1 aromatic carbocycles. The van der Waals surface area contributed by atoms with E-state index in [0.717, 1.165) is 31.4 Å². The Balaban J connectivity index is 1.85. The topological polar surface area (TPSA) is 59.3 Å². The molecular weight excluding hydrogens is 242 g/mol. The minimum Gasteiger partial charge on any atom is -0.490 e. The number of methoxy groups -OCH3 is 1. The van der Waals surface area contributed by atoms with Crippen molar-refractivity contribution in [3.63, 3.8) is 0 Å². The average Bonchev–Trinajstić information content (AvgIpc) is 2.48. The number of carbonyl (C=O) groups excluding carboxylic acids is 1. The fraction of sp³-hybridized carbons (Fsp3) is 0.467. The van der Waals surface area contributed by atoms with E-state index in [1.54, 1.807) is 12.1 Å². The van der Waals surface area contributed by atoms with Gasteiger partial charge in [0.1, 0.15) is 5.75 Å². The van der Waals surface area contributed by atoms with Crippen molar-refractivity contribution in [2.75, 3.05) is 7.11 Å². The highest BCUT2D eigenvalue weighted by Gasteiger charge is 2.27. The lowest BCUT2D eigenvalue weighted by Gasteiger charge is -2.27. The van der Waals surface area contributed by atoms with Crippen LogP contribution in [0.1, 0.15) is 31.2 Å². The number of nitrogens with zero attached hydrogens (tertiary/aromatic N) is 1. The van der Waals surface area contributed by atoms with Crippen molar-refractivity contribution < 1.29 is 14.3 Å². The van der Waals surface area contributed by atoms with Crippen molar-refractivity contribution in [3.05, 3.63) is 29.8 Å². The fourth-order valence-electron chi connectivity index (χ4n) is 2.38. The van der Waals surface area contributed by atoms with E-state index in [-0.39, 0.29) is 18.0 Å². The maximum absolute atomic E-state index is 11.4. The van der Waals surface area contributed by atoms with E-state index in [9.17, 15) is 4.79 Å². The molecule has 1 aromatic rings. The molecule has 0 N–H and O–H groups in total. The first-order chi connectivity index (χ1) is 9.22. The number of esters is 1. The van der Waals surface area contributed by atoms with Gasteiger partial charge in [-0.3, -0.25) is 4.79 Å². The molecule has 0 heterocycles. The maximum Gasteiger partial charge on any atom is 0.308 e. The van der Waals surface area contributed by atoms with E-state index in [1.807, 2.05) is 12.1 Å². The summed E-state index contributed by atoms with van der Waals surface area (Å²) in [7, 11) is 1.43. The monoisotopic (exact) mass is 259 g/mol. The summed E-state index contributed by atoms with van der Waals surface area (Å²) < 4.78 is 10.6. The molecule has 1 aliphatic carbocycles. The summed E-state index contributed by atoms with van der Waals surface area (Å²) in [6.07, 6.45) is 3.50. The summed E-state index contributed by atoms with van der Waals surface area (Å²) in [5.41, 5.74) is 0.627. The molecule has 100 valence electrons. The predicted octanol–water partition coefficient (Wildman–Crippen LogP) is 2.67. The van der Waals surface area contributed by atoms with Gasteiger partial charge >= 0.3 is 5.97 Å². The van der Waals surface area contributed by atoms with E-state index in [4.69, 9.17) is 14.7 Å². The molecule has 1 saturated carbocycles. The summed E-state index contributed by atoms with van der Waals surface area (Å²) in [6.45, 7) is 0. The molecule has 4 heteroatoms. The molecule has 0 atom stereocenters. The third-order valence-corrected chi connectivity index (χ3v) is 3.49. The zero-order valence-electron chi connectivity index (χ0n) is 11.0. The number of nitriles is 1. The normalized spacial score (nSPS) is 22.3. The van der Waals surface area contributed by atoms with Crippen molar-refractivity contribution >= 4 is 5.97 Å². The van der Waals surface area contributed by atoms with Gasteiger partial charge in [-0.15, -0.1) is 0 Å². The molecular formula is C15H17NO3. The Bertz CT molecular complexity index is 467. The largest absolute Gasteiger partial charge is 0.490 e. The average molecular weight is 259 g/mol. The number of carbonyl (C=O) groups is 1. The van der Waals surface area contributed by atoms with Gasteiger partial charge in [-0.25, -0.2) is 0 Å². The van der Waals surface area contributed by atoms with Crippen LogP contribution in [0, 0.1) is 17.2 Å². The highest BCUT2D eigenvalue weighted by atomic mass is 16.5. The van der Waals surface area contributed by atoms with Gasteiger partial charge < -0.3 is 9.47 Å². The highest BCUT2D eigenvalue weighted by Crippen LogP contribution is 2.28. The molecule has 0 aliphatic heterocycles. The minimum absolute atomic E-state index is 0.0193. The van der Waals surface area contributed by atoms with Crippen molar-refractivity contribution in [2.24, 2.45) is 5.92 Å². The zero-order valence-corrected chi connectivity index (χ0v) is 11.0. The number of rotatable bonds is 3. The highest BCUT2D eigenvalue weighted by molar-refractivity contribution is 5.72. The molecule has 0 saturated heterocycles. The summed E-state index contributed by atoms with van der Waals surface area (Å²) in [5.74, 6) is 0.683. The molecule has 1 aliphatic rings. The quantitative estimate of drug-likeness (QED) is 0.783. The standard InChI is InChI=1S/C15H17NO3/c1-18-15(17)12-4-8-14(9-5-12)19-13-6-2-11(10-16)3-7-13/h2-3,6-7,12,14H,4-5,8-9H2,1H3. The zero-order chi connectivity index (χ0) is 13.7. The molecule has 0 bridgehead atoms. The molecule has 4 nitrogen and oxygen atoms in total. The van der Waals surface area contributed by atoms with Crippen LogP contribution in [0.15, 0.2) is 24.3 Å². The maximum atomic E-state index is 11.4. The van der Waals surface area contributed by atoms with Gasteiger partial charge in [0.2, 0.25) is 0 Å². The summed E-state index contributed by atoms with van der Waals surface area (Å²) >= 11 is 0. The Morgan fingerprint density at radius 3 is 2.37 bits per heavy atom. The van der Waals surface area contributed by atoms with Gasteiger partial charge in [-0.1, -0.05) is 0 Å². The predicted molar refractivity (Wildman–Crippen MR) is 69.5 cm³/mol. The SMILES string of the molecule is COC(=O)C1CCC(Oc2ccc(C#N)cc2)CC1. The molecule has 0 spiro atoms. The van der Waals surface area contributed by atoms with Crippen LogP contribution < -0.4 is 4.74 Å². The lowest BCUT2D eigenvalue weighted by molar-refractivity contribution is -0.147. The van der Waals surface area contributed by atoms with Crippen molar-refractivity contribution in [3.8, 4) is 11.8 Å². The lowest BCUT2D eigenvalue weighted by Crippen LogP contribution is -2.28. The minimum atomic E-state index is -0.114. The van der Waals surface area contributed by atoms with E-state index in [1.165, 1.54) is 7.11 Å². The van der Waals surface area contributed by atoms with E-state index < -0.39 is 0 Å². The van der Waals surface area contributed by atoms with Gasteiger partial charge in [-0.2, -0.15) is 5.26 Å². The number of hydrogen-bond donors (Lipinski definition) is 0. The van der Waals surface area contributed by atoms with E-state index in [2.05, 4.69) is 6.07 Å². The number of hydrogen-bond acceptors (Lipinski definition) is 4. The first-order valence-corrected chi connectivity index (χ1v) is 6.47. The number of ether oxygens (including phenoxy) is 2. The summed E-state index contributed by atoms with van der Waals surface area (Å²) in [6, 6.07) is 9.19. The Hall–Kier alpha value is -2.02. The summed E-state index contributed by atoms with van der Waals surface area (Å²) in [4.78, 5) is 11.4. The Kier molecular flexibility index (Phi) is 4.40. The van der Waals surface area contributed by atoms with Crippen molar-refractivity contribution in [1.82, 2.24) is 0 Å². The lowest BCUT2D eigenvalue weighted by atomic mass is 9.87. The fourth-order valence-corrected chi connectivity index (χ4v) is 2.38. The Morgan fingerprint density at radius 2 is 1.84 bits per heavy atom. The van der Waals surface area contributed by atoms with Crippen LogP contribution in [0.4, 0.5) is 0 Å². The van der Waals surface area contributed by atoms with Crippen LogP contribution in [-0.4, -0.2) is 19.2 Å². The van der Waals surface area contributed by atoms with Gasteiger partial charge in [0.25, 0.3) is 0 Å². The van der Waals surface area contributed by atoms with Crippen LogP contribution in [0.5, 0.6) is 5.75 Å². The third-order valence-electron chi connectivity index (χ3n) is 3.49. The van der Waals surface area contributed by atoms with Gasteiger partial charge in [0.15, 0.2) is 0 Å². The smallest absolute Gasteiger partial charge is 0.308 e.